The molecule has 0 unspecified atom stereocenters. The first kappa shape index (κ1) is 20.5. The molecule has 1 saturated heterocycles. The fourth-order valence-corrected chi connectivity index (χ4v) is 3.67. The van der Waals surface area contributed by atoms with E-state index in [-0.39, 0.29) is 30.4 Å². The van der Waals surface area contributed by atoms with Gasteiger partial charge in [0.05, 0.1) is 12.2 Å². The van der Waals surface area contributed by atoms with Crippen LogP contribution in [0.3, 0.4) is 0 Å². The van der Waals surface area contributed by atoms with E-state index in [1.54, 1.807) is 18.2 Å². The fraction of sp³-hybridized carbons (Fsp3) is 0.435. The minimum atomic E-state index is -0.255. The van der Waals surface area contributed by atoms with E-state index in [9.17, 15) is 9.18 Å². The SMILES string of the molecule is C[C@@H]1CN(Cc2ccc(CNC(=O)CCc3ccccc3F)cc2)C[C@H](C)O1. The van der Waals surface area contributed by atoms with Crippen LogP contribution in [0.4, 0.5) is 4.39 Å². The molecule has 0 spiro atoms. The summed E-state index contributed by atoms with van der Waals surface area (Å²) >= 11 is 0. The van der Waals surface area contributed by atoms with Crippen LogP contribution in [0.5, 0.6) is 0 Å². The number of aryl methyl sites for hydroxylation is 1. The molecule has 1 aliphatic rings. The minimum Gasteiger partial charge on any atom is -0.373 e. The molecule has 0 aliphatic carbocycles. The van der Waals surface area contributed by atoms with E-state index in [2.05, 4.69) is 48.3 Å². The van der Waals surface area contributed by atoms with E-state index in [0.717, 1.165) is 25.2 Å². The zero-order chi connectivity index (χ0) is 19.9. The molecule has 3 rings (SSSR count). The molecule has 0 bridgehead atoms. The van der Waals surface area contributed by atoms with E-state index in [1.165, 1.54) is 11.6 Å². The van der Waals surface area contributed by atoms with Crippen LogP contribution in [-0.2, 0) is 29.0 Å². The van der Waals surface area contributed by atoms with Crippen LogP contribution in [0.15, 0.2) is 48.5 Å². The third kappa shape index (κ3) is 6.14. The van der Waals surface area contributed by atoms with Gasteiger partial charge in [-0.2, -0.15) is 0 Å². The number of ether oxygens (including phenoxy) is 1. The van der Waals surface area contributed by atoms with Gasteiger partial charge in [-0.3, -0.25) is 9.69 Å². The van der Waals surface area contributed by atoms with Gasteiger partial charge in [0.25, 0.3) is 0 Å². The number of nitrogens with zero attached hydrogens (tertiary/aromatic N) is 1. The molecule has 2 aromatic carbocycles. The topological polar surface area (TPSA) is 41.6 Å². The number of morpholine rings is 1. The summed E-state index contributed by atoms with van der Waals surface area (Å²) in [6.07, 6.45) is 1.23. The molecule has 1 aliphatic heterocycles. The Morgan fingerprint density at radius 2 is 1.71 bits per heavy atom. The highest BCUT2D eigenvalue weighted by molar-refractivity contribution is 5.76. The lowest BCUT2D eigenvalue weighted by atomic mass is 10.1. The second-order valence-electron chi connectivity index (χ2n) is 7.64. The average Bonchev–Trinajstić information content (AvgIpc) is 2.66. The summed E-state index contributed by atoms with van der Waals surface area (Å²) in [6, 6.07) is 14.9. The molecule has 1 N–H and O–H groups in total. The van der Waals surface area contributed by atoms with Gasteiger partial charge in [-0.1, -0.05) is 42.5 Å². The molecule has 150 valence electrons. The minimum absolute atomic E-state index is 0.0661. The van der Waals surface area contributed by atoms with E-state index in [4.69, 9.17) is 4.74 Å². The first-order chi connectivity index (χ1) is 13.5. The Bertz CT molecular complexity index is 768. The van der Waals surface area contributed by atoms with Crippen molar-refractivity contribution in [2.75, 3.05) is 13.1 Å². The van der Waals surface area contributed by atoms with Gasteiger partial charge in [0.2, 0.25) is 5.91 Å². The molecule has 28 heavy (non-hydrogen) atoms. The smallest absolute Gasteiger partial charge is 0.220 e. The fourth-order valence-electron chi connectivity index (χ4n) is 3.67. The van der Waals surface area contributed by atoms with Crippen molar-refractivity contribution in [1.29, 1.82) is 0 Å². The lowest BCUT2D eigenvalue weighted by Gasteiger charge is -2.35. The van der Waals surface area contributed by atoms with Crippen LogP contribution in [-0.4, -0.2) is 36.1 Å². The van der Waals surface area contributed by atoms with Crippen LogP contribution in [0, 0.1) is 5.82 Å². The van der Waals surface area contributed by atoms with E-state index >= 15 is 0 Å². The maximum Gasteiger partial charge on any atom is 0.220 e. The highest BCUT2D eigenvalue weighted by atomic mass is 19.1. The third-order valence-corrected chi connectivity index (χ3v) is 4.99. The van der Waals surface area contributed by atoms with Gasteiger partial charge in [0.1, 0.15) is 5.82 Å². The number of nitrogens with one attached hydrogen (secondary N) is 1. The lowest BCUT2D eigenvalue weighted by Crippen LogP contribution is -2.44. The summed E-state index contributed by atoms with van der Waals surface area (Å²) in [4.78, 5) is 14.5. The van der Waals surface area contributed by atoms with Gasteiger partial charge in [-0.15, -0.1) is 0 Å². The van der Waals surface area contributed by atoms with Gasteiger partial charge in [0.15, 0.2) is 0 Å². The quantitative estimate of drug-likeness (QED) is 0.792. The molecule has 2 atom stereocenters. The van der Waals surface area contributed by atoms with Crippen molar-refractivity contribution in [3.05, 3.63) is 71.0 Å². The van der Waals surface area contributed by atoms with Crippen LogP contribution < -0.4 is 5.32 Å². The molecule has 0 saturated carbocycles. The van der Waals surface area contributed by atoms with Crippen molar-refractivity contribution < 1.29 is 13.9 Å². The number of amides is 1. The van der Waals surface area contributed by atoms with Crippen LogP contribution in [0.1, 0.15) is 37.0 Å². The van der Waals surface area contributed by atoms with Gasteiger partial charge in [0, 0.05) is 32.6 Å². The van der Waals surface area contributed by atoms with E-state index in [1.807, 2.05) is 0 Å². The van der Waals surface area contributed by atoms with Gasteiger partial charge >= 0.3 is 0 Å². The highest BCUT2D eigenvalue weighted by Crippen LogP contribution is 2.15. The predicted molar refractivity (Wildman–Crippen MR) is 108 cm³/mol. The number of rotatable bonds is 7. The maximum atomic E-state index is 13.6. The van der Waals surface area contributed by atoms with Crippen molar-refractivity contribution in [3.8, 4) is 0 Å². The van der Waals surface area contributed by atoms with Crippen molar-refractivity contribution in [1.82, 2.24) is 10.2 Å². The summed E-state index contributed by atoms with van der Waals surface area (Å²) in [6.45, 7) is 7.52. The first-order valence-corrected chi connectivity index (χ1v) is 9.95. The molecular weight excluding hydrogens is 355 g/mol. The summed E-state index contributed by atoms with van der Waals surface area (Å²) in [7, 11) is 0. The number of carbonyl (C=O) groups excluding carboxylic acids is 1. The Labute approximate surface area is 166 Å². The second kappa shape index (κ2) is 9.80. The maximum absolute atomic E-state index is 13.6. The Morgan fingerprint density at radius 3 is 2.39 bits per heavy atom. The largest absolute Gasteiger partial charge is 0.373 e. The summed E-state index contributed by atoms with van der Waals surface area (Å²) < 4.78 is 19.4. The average molecular weight is 384 g/mol. The van der Waals surface area contributed by atoms with Crippen molar-refractivity contribution in [2.45, 2.75) is 52.0 Å². The molecule has 4 nitrogen and oxygen atoms in total. The normalized spacial score (nSPS) is 20.1. The Kier molecular flexibility index (Phi) is 7.18. The van der Waals surface area contributed by atoms with Crippen molar-refractivity contribution in [2.24, 2.45) is 0 Å². The Hall–Kier alpha value is -2.24. The van der Waals surface area contributed by atoms with E-state index in [0.29, 0.717) is 18.5 Å². The standard InChI is InChI=1S/C23H29FN2O2/c1-17-14-26(15-18(2)28-17)16-20-9-7-19(8-10-20)13-25-23(27)12-11-21-5-3-4-6-22(21)24/h3-10,17-18H,11-16H2,1-2H3,(H,25,27)/t17-,18+. The number of hydrogen-bond acceptors (Lipinski definition) is 3. The van der Waals surface area contributed by atoms with E-state index < -0.39 is 0 Å². The first-order valence-electron chi connectivity index (χ1n) is 9.95. The van der Waals surface area contributed by atoms with Crippen molar-refractivity contribution in [3.63, 3.8) is 0 Å². The number of carbonyl (C=O) groups is 1. The zero-order valence-corrected chi connectivity index (χ0v) is 16.7. The van der Waals surface area contributed by atoms with Crippen molar-refractivity contribution >= 4 is 5.91 Å². The van der Waals surface area contributed by atoms with Gasteiger partial charge in [-0.25, -0.2) is 4.39 Å². The monoisotopic (exact) mass is 384 g/mol. The Balaban J connectivity index is 1.42. The molecule has 5 heteroatoms. The van der Waals surface area contributed by atoms with Crippen LogP contribution in [0.25, 0.3) is 0 Å². The summed E-state index contributed by atoms with van der Waals surface area (Å²) in [5.74, 6) is -0.321. The van der Waals surface area contributed by atoms with Crippen LogP contribution >= 0.6 is 0 Å². The second-order valence-corrected chi connectivity index (χ2v) is 7.64. The molecule has 1 fully saturated rings. The number of halogens is 1. The van der Waals surface area contributed by atoms with Crippen LogP contribution in [0.2, 0.25) is 0 Å². The highest BCUT2D eigenvalue weighted by Gasteiger charge is 2.21. The van der Waals surface area contributed by atoms with Gasteiger partial charge < -0.3 is 10.1 Å². The molecule has 0 aromatic heterocycles. The predicted octanol–water partition coefficient (Wildman–Crippen LogP) is 3.68. The lowest BCUT2D eigenvalue weighted by molar-refractivity contribution is -0.121. The number of benzene rings is 2. The molecule has 1 heterocycles. The molecule has 1 amide bonds. The summed E-state index contributed by atoms with van der Waals surface area (Å²) in [5.41, 5.74) is 2.90. The van der Waals surface area contributed by atoms with Gasteiger partial charge in [-0.05, 0) is 43.0 Å². The summed E-state index contributed by atoms with van der Waals surface area (Å²) in [5, 5.41) is 2.91. The number of hydrogen-bond donors (Lipinski definition) is 1. The Morgan fingerprint density at radius 1 is 1.07 bits per heavy atom. The zero-order valence-electron chi connectivity index (χ0n) is 16.7. The molecule has 0 radical (unpaired) electrons. The molecular formula is C23H29FN2O2. The third-order valence-electron chi connectivity index (χ3n) is 4.99. The molecule has 2 aromatic rings.